The summed E-state index contributed by atoms with van der Waals surface area (Å²) >= 11 is 1.28. The van der Waals surface area contributed by atoms with E-state index in [1.165, 1.54) is 37.3 Å². The van der Waals surface area contributed by atoms with Crippen molar-refractivity contribution in [3.63, 3.8) is 0 Å². The lowest BCUT2D eigenvalue weighted by Crippen LogP contribution is -2.25. The van der Waals surface area contributed by atoms with Crippen molar-refractivity contribution in [2.24, 2.45) is 0 Å². The van der Waals surface area contributed by atoms with Crippen molar-refractivity contribution in [2.75, 3.05) is 7.11 Å². The van der Waals surface area contributed by atoms with Gasteiger partial charge in [-0.05, 0) is 51.2 Å². The van der Waals surface area contributed by atoms with E-state index in [2.05, 4.69) is 11.1 Å². The molecular weight excluding hydrogens is 348 g/mol. The Labute approximate surface area is 157 Å². The lowest BCUT2D eigenvalue weighted by atomic mass is 9.97. The van der Waals surface area contributed by atoms with Gasteiger partial charge in [-0.3, -0.25) is 14.2 Å². The zero-order valence-corrected chi connectivity index (χ0v) is 16.1. The number of methoxy groups -OCH3 is 1. The van der Waals surface area contributed by atoms with Gasteiger partial charge in [0.25, 0.3) is 5.56 Å². The second kappa shape index (κ2) is 8.54. The zero-order chi connectivity index (χ0) is 18.5. The van der Waals surface area contributed by atoms with Crippen LogP contribution in [0.15, 0.2) is 45.9 Å². The molecule has 1 aromatic carbocycles. The standard InChI is InChI=1S/C20H24N2O3S/c1-14(19(24)25-2)26-20-21-17-11-7-6-10-16(17)18(23)22(20)13-12-15-8-4-3-5-9-15/h6-8,10-11,14H,3-5,9,12-13H2,1-2H3. The summed E-state index contributed by atoms with van der Waals surface area (Å²) in [6, 6.07) is 7.35. The minimum Gasteiger partial charge on any atom is -0.468 e. The van der Waals surface area contributed by atoms with E-state index in [0.717, 1.165) is 19.3 Å². The second-order valence-electron chi connectivity index (χ2n) is 6.51. The SMILES string of the molecule is COC(=O)C(C)Sc1nc2ccccc2c(=O)n1CCC1=CCCCC1. The van der Waals surface area contributed by atoms with Gasteiger partial charge in [0.15, 0.2) is 5.16 Å². The molecule has 1 aliphatic carbocycles. The van der Waals surface area contributed by atoms with Crippen LogP contribution in [-0.4, -0.2) is 27.9 Å². The number of aromatic nitrogens is 2. The Kier molecular flexibility index (Phi) is 6.14. The molecule has 0 N–H and O–H groups in total. The van der Waals surface area contributed by atoms with Crippen LogP contribution in [0.2, 0.25) is 0 Å². The fourth-order valence-electron chi connectivity index (χ4n) is 3.19. The van der Waals surface area contributed by atoms with E-state index in [1.807, 2.05) is 18.2 Å². The number of nitrogens with zero attached hydrogens (tertiary/aromatic N) is 2. The molecule has 0 amide bonds. The molecule has 0 aliphatic heterocycles. The van der Waals surface area contributed by atoms with E-state index in [9.17, 15) is 9.59 Å². The highest BCUT2D eigenvalue weighted by Gasteiger charge is 2.20. The van der Waals surface area contributed by atoms with Crippen LogP contribution in [-0.2, 0) is 16.1 Å². The summed E-state index contributed by atoms with van der Waals surface area (Å²) in [5, 5.41) is 0.761. The number of ether oxygens (including phenoxy) is 1. The molecule has 1 aromatic heterocycles. The average molecular weight is 372 g/mol. The largest absolute Gasteiger partial charge is 0.468 e. The molecule has 0 saturated heterocycles. The van der Waals surface area contributed by atoms with E-state index in [4.69, 9.17) is 4.74 Å². The molecule has 138 valence electrons. The summed E-state index contributed by atoms with van der Waals surface area (Å²) in [6.07, 6.45) is 7.85. The Morgan fingerprint density at radius 3 is 2.88 bits per heavy atom. The number of hydrogen-bond donors (Lipinski definition) is 0. The number of allylic oxidation sites excluding steroid dienone is 2. The normalized spacial score (nSPS) is 15.5. The molecule has 26 heavy (non-hydrogen) atoms. The van der Waals surface area contributed by atoms with Crippen LogP contribution < -0.4 is 5.56 Å². The van der Waals surface area contributed by atoms with E-state index < -0.39 is 5.25 Å². The first-order valence-corrected chi connectivity index (χ1v) is 9.90. The van der Waals surface area contributed by atoms with Crippen LogP contribution in [0.5, 0.6) is 0 Å². The number of hydrogen-bond acceptors (Lipinski definition) is 5. The summed E-state index contributed by atoms with van der Waals surface area (Å²) in [6.45, 7) is 2.35. The quantitative estimate of drug-likeness (QED) is 0.333. The number of benzene rings is 1. The average Bonchev–Trinajstić information content (AvgIpc) is 2.68. The molecule has 2 aromatic rings. The smallest absolute Gasteiger partial charge is 0.318 e. The van der Waals surface area contributed by atoms with Gasteiger partial charge in [-0.15, -0.1) is 0 Å². The van der Waals surface area contributed by atoms with Gasteiger partial charge >= 0.3 is 5.97 Å². The van der Waals surface area contributed by atoms with Crippen LogP contribution >= 0.6 is 11.8 Å². The van der Waals surface area contributed by atoms with Crippen molar-refractivity contribution in [1.29, 1.82) is 0 Å². The highest BCUT2D eigenvalue weighted by molar-refractivity contribution is 8.00. The van der Waals surface area contributed by atoms with Gasteiger partial charge in [0.1, 0.15) is 5.25 Å². The lowest BCUT2D eigenvalue weighted by molar-refractivity contribution is -0.139. The predicted molar refractivity (Wildman–Crippen MR) is 105 cm³/mol. The van der Waals surface area contributed by atoms with Gasteiger partial charge < -0.3 is 4.74 Å². The zero-order valence-electron chi connectivity index (χ0n) is 15.2. The van der Waals surface area contributed by atoms with E-state index in [0.29, 0.717) is 22.6 Å². The van der Waals surface area contributed by atoms with Crippen molar-refractivity contribution in [2.45, 2.75) is 56.0 Å². The van der Waals surface area contributed by atoms with Gasteiger partial charge in [-0.1, -0.05) is 35.5 Å². The van der Waals surface area contributed by atoms with Gasteiger partial charge in [0.05, 0.1) is 18.0 Å². The topological polar surface area (TPSA) is 61.2 Å². The molecular formula is C20H24N2O3S. The maximum Gasteiger partial charge on any atom is 0.318 e. The molecule has 0 fully saturated rings. The van der Waals surface area contributed by atoms with Crippen LogP contribution in [0, 0.1) is 0 Å². The molecule has 1 aliphatic rings. The Morgan fingerprint density at radius 2 is 2.15 bits per heavy atom. The summed E-state index contributed by atoms with van der Waals surface area (Å²) in [7, 11) is 1.37. The second-order valence-corrected chi connectivity index (χ2v) is 7.82. The number of esters is 1. The third-order valence-corrected chi connectivity index (χ3v) is 5.75. The molecule has 0 radical (unpaired) electrons. The molecule has 0 bridgehead atoms. The third kappa shape index (κ3) is 4.18. The first-order chi connectivity index (χ1) is 12.6. The van der Waals surface area contributed by atoms with Crippen LogP contribution in [0.4, 0.5) is 0 Å². The Hall–Kier alpha value is -2.08. The molecule has 1 unspecified atom stereocenters. The van der Waals surface area contributed by atoms with E-state index in [1.54, 1.807) is 17.6 Å². The third-order valence-electron chi connectivity index (χ3n) is 4.68. The van der Waals surface area contributed by atoms with Crippen molar-refractivity contribution in [3.8, 4) is 0 Å². The summed E-state index contributed by atoms with van der Waals surface area (Å²) in [5.74, 6) is -0.320. The molecule has 5 nitrogen and oxygen atoms in total. The first kappa shape index (κ1) is 18.7. The van der Waals surface area contributed by atoms with Crippen molar-refractivity contribution >= 4 is 28.6 Å². The van der Waals surface area contributed by atoms with Gasteiger partial charge in [-0.2, -0.15) is 0 Å². The molecule has 0 spiro atoms. The number of carbonyl (C=O) groups excluding carboxylic acids is 1. The fraction of sp³-hybridized carbons (Fsp3) is 0.450. The molecule has 1 heterocycles. The van der Waals surface area contributed by atoms with Gasteiger partial charge in [0.2, 0.25) is 0 Å². The number of carbonyl (C=O) groups is 1. The minimum atomic E-state index is -0.423. The van der Waals surface area contributed by atoms with Crippen LogP contribution in [0.1, 0.15) is 39.0 Å². The molecule has 3 rings (SSSR count). The van der Waals surface area contributed by atoms with E-state index >= 15 is 0 Å². The maximum absolute atomic E-state index is 13.0. The predicted octanol–water partition coefficient (Wildman–Crippen LogP) is 3.94. The first-order valence-electron chi connectivity index (χ1n) is 9.02. The maximum atomic E-state index is 13.0. The minimum absolute atomic E-state index is 0.0495. The van der Waals surface area contributed by atoms with Gasteiger partial charge in [0, 0.05) is 6.54 Å². The number of para-hydroxylation sites is 1. The summed E-state index contributed by atoms with van der Waals surface area (Å²) in [5.41, 5.74) is 2.02. The van der Waals surface area contributed by atoms with Crippen LogP contribution in [0.25, 0.3) is 10.9 Å². The highest BCUT2D eigenvalue weighted by Crippen LogP contribution is 2.25. The molecule has 1 atom stereocenters. The van der Waals surface area contributed by atoms with Crippen molar-refractivity contribution in [3.05, 3.63) is 46.3 Å². The summed E-state index contributed by atoms with van der Waals surface area (Å²) in [4.78, 5) is 29.5. The van der Waals surface area contributed by atoms with Crippen molar-refractivity contribution < 1.29 is 9.53 Å². The summed E-state index contributed by atoms with van der Waals surface area (Å²) < 4.78 is 6.52. The van der Waals surface area contributed by atoms with Crippen LogP contribution in [0.3, 0.4) is 0 Å². The monoisotopic (exact) mass is 372 g/mol. The highest BCUT2D eigenvalue weighted by atomic mass is 32.2. The number of thioether (sulfide) groups is 1. The van der Waals surface area contributed by atoms with E-state index in [-0.39, 0.29) is 11.5 Å². The fourth-order valence-corrected chi connectivity index (χ4v) is 4.16. The Morgan fingerprint density at radius 1 is 1.35 bits per heavy atom. The number of fused-ring (bicyclic) bond motifs is 1. The van der Waals surface area contributed by atoms with Crippen molar-refractivity contribution in [1.82, 2.24) is 9.55 Å². The molecule has 0 saturated carbocycles. The Balaban J connectivity index is 1.95. The Bertz CT molecular complexity index is 888. The lowest BCUT2D eigenvalue weighted by Gasteiger charge is -2.17. The molecule has 6 heteroatoms. The van der Waals surface area contributed by atoms with Gasteiger partial charge in [-0.25, -0.2) is 4.98 Å². The number of rotatable bonds is 6.